The molecule has 2 aromatic carbocycles. The zero-order valence-corrected chi connectivity index (χ0v) is 11.9. The molecule has 0 aliphatic carbocycles. The molecule has 0 bridgehead atoms. The van der Waals surface area contributed by atoms with Crippen LogP contribution in [0.1, 0.15) is 45.7 Å². The van der Waals surface area contributed by atoms with Gasteiger partial charge in [0.25, 0.3) is 0 Å². The molecule has 0 fully saturated rings. The van der Waals surface area contributed by atoms with Crippen molar-refractivity contribution in [2.24, 2.45) is 0 Å². The summed E-state index contributed by atoms with van der Waals surface area (Å²) < 4.78 is 0. The van der Waals surface area contributed by atoms with Gasteiger partial charge in [0, 0.05) is 17.5 Å². The van der Waals surface area contributed by atoms with Crippen molar-refractivity contribution in [1.82, 2.24) is 0 Å². The number of aromatic hydroxyl groups is 2. The first-order valence-electron chi connectivity index (χ1n) is 6.54. The molecule has 0 saturated carbocycles. The molecule has 2 N–H and O–H groups in total. The maximum atomic E-state index is 11.4. The second-order valence-corrected chi connectivity index (χ2v) is 4.98. The van der Waals surface area contributed by atoms with Gasteiger partial charge >= 0.3 is 0 Å². The van der Waals surface area contributed by atoms with Gasteiger partial charge in [0.1, 0.15) is 11.5 Å². The minimum absolute atomic E-state index is 0.0487. The maximum absolute atomic E-state index is 11.4. The first kappa shape index (κ1) is 14.8. The molecule has 0 aromatic heterocycles. The summed E-state index contributed by atoms with van der Waals surface area (Å²) in [5.74, 6) is -0.101. The van der Waals surface area contributed by atoms with Gasteiger partial charge in [-0.25, -0.2) is 0 Å². The molecule has 2 rings (SSSR count). The normalized spacial score (nSPS) is 10.4. The molecule has 0 saturated heterocycles. The number of phenols is 2. The van der Waals surface area contributed by atoms with Crippen LogP contribution in [-0.4, -0.2) is 21.8 Å². The van der Waals surface area contributed by atoms with Crippen LogP contribution in [0.2, 0.25) is 0 Å². The number of hydrogen-bond acceptors (Lipinski definition) is 4. The van der Waals surface area contributed by atoms with Crippen molar-refractivity contribution in [2.45, 2.75) is 20.3 Å². The average molecular weight is 284 g/mol. The largest absolute Gasteiger partial charge is 0.508 e. The standard InChI is InChI=1S/C17H16O4/c1-10(18)12-3-5-16(20)14(7-12)9-15-8-13(11(2)19)4-6-17(15)21/h3-8,20-21H,9H2,1-2H3. The number of carbonyl (C=O) groups excluding carboxylic acids is 2. The van der Waals surface area contributed by atoms with Gasteiger partial charge in [0.2, 0.25) is 0 Å². The highest BCUT2D eigenvalue weighted by Crippen LogP contribution is 2.27. The van der Waals surface area contributed by atoms with Gasteiger partial charge in [-0.2, -0.15) is 0 Å². The van der Waals surface area contributed by atoms with Gasteiger partial charge in [-0.05, 0) is 61.4 Å². The quantitative estimate of drug-likeness (QED) is 0.846. The van der Waals surface area contributed by atoms with Crippen LogP contribution in [-0.2, 0) is 6.42 Å². The molecule has 4 nitrogen and oxygen atoms in total. The number of ketones is 2. The van der Waals surface area contributed by atoms with Crippen molar-refractivity contribution in [1.29, 1.82) is 0 Å². The monoisotopic (exact) mass is 284 g/mol. The molecule has 0 heterocycles. The van der Waals surface area contributed by atoms with E-state index in [0.717, 1.165) is 0 Å². The fourth-order valence-corrected chi connectivity index (χ4v) is 2.10. The second-order valence-electron chi connectivity index (χ2n) is 4.98. The van der Waals surface area contributed by atoms with E-state index < -0.39 is 0 Å². The molecule has 0 spiro atoms. The van der Waals surface area contributed by atoms with Crippen LogP contribution in [0.4, 0.5) is 0 Å². The first-order chi connectivity index (χ1) is 9.88. The summed E-state index contributed by atoms with van der Waals surface area (Å²) in [7, 11) is 0. The predicted molar refractivity (Wildman–Crippen MR) is 79.0 cm³/mol. The van der Waals surface area contributed by atoms with Crippen LogP contribution < -0.4 is 0 Å². The van der Waals surface area contributed by atoms with E-state index in [-0.39, 0.29) is 29.5 Å². The van der Waals surface area contributed by atoms with Crippen LogP contribution in [0.25, 0.3) is 0 Å². The Bertz CT molecular complexity index is 655. The molecule has 0 unspecified atom stereocenters. The Hall–Kier alpha value is -2.62. The third kappa shape index (κ3) is 3.28. The Morgan fingerprint density at radius 3 is 1.52 bits per heavy atom. The van der Waals surface area contributed by atoms with E-state index in [0.29, 0.717) is 22.3 Å². The lowest BCUT2D eigenvalue weighted by molar-refractivity contribution is 0.100. The second kappa shape index (κ2) is 5.79. The minimum Gasteiger partial charge on any atom is -0.508 e. The highest BCUT2D eigenvalue weighted by Gasteiger charge is 2.11. The number of benzene rings is 2. The summed E-state index contributed by atoms with van der Waals surface area (Å²) in [6, 6.07) is 9.20. The van der Waals surface area contributed by atoms with E-state index in [1.54, 1.807) is 24.3 Å². The molecular formula is C17H16O4. The lowest BCUT2D eigenvalue weighted by Crippen LogP contribution is -1.98. The average Bonchev–Trinajstić information content (AvgIpc) is 2.43. The lowest BCUT2D eigenvalue weighted by atomic mass is 9.98. The van der Waals surface area contributed by atoms with Crippen molar-refractivity contribution in [3.63, 3.8) is 0 Å². The lowest BCUT2D eigenvalue weighted by Gasteiger charge is -2.09. The molecule has 4 heteroatoms. The number of rotatable bonds is 4. The summed E-state index contributed by atoms with van der Waals surface area (Å²) in [5, 5.41) is 19.8. The molecule has 21 heavy (non-hydrogen) atoms. The molecule has 0 radical (unpaired) electrons. The highest BCUT2D eigenvalue weighted by molar-refractivity contribution is 5.95. The van der Waals surface area contributed by atoms with Gasteiger partial charge in [-0.3, -0.25) is 9.59 Å². The Labute approximate surface area is 122 Å². The number of Topliss-reactive ketones (excluding diaryl/α,β-unsaturated/α-hetero) is 2. The summed E-state index contributed by atoms with van der Waals surface area (Å²) in [6.07, 6.45) is 0.236. The topological polar surface area (TPSA) is 74.6 Å². The molecular weight excluding hydrogens is 268 g/mol. The summed E-state index contributed by atoms with van der Waals surface area (Å²) >= 11 is 0. The van der Waals surface area contributed by atoms with E-state index in [1.165, 1.54) is 26.0 Å². The SMILES string of the molecule is CC(=O)c1ccc(O)c(Cc2cc(C(C)=O)ccc2O)c1. The van der Waals surface area contributed by atoms with Crippen LogP contribution in [0.3, 0.4) is 0 Å². The van der Waals surface area contributed by atoms with Gasteiger partial charge in [0.15, 0.2) is 11.6 Å². The maximum Gasteiger partial charge on any atom is 0.159 e. The Balaban J connectivity index is 2.42. The summed E-state index contributed by atoms with van der Waals surface area (Å²) in [5.41, 5.74) is 2.03. The van der Waals surface area contributed by atoms with E-state index in [4.69, 9.17) is 0 Å². The van der Waals surface area contributed by atoms with E-state index in [9.17, 15) is 19.8 Å². The van der Waals surface area contributed by atoms with Gasteiger partial charge < -0.3 is 10.2 Å². The third-order valence-electron chi connectivity index (χ3n) is 3.35. The first-order valence-corrected chi connectivity index (χ1v) is 6.54. The number of hydrogen-bond donors (Lipinski definition) is 2. The Kier molecular flexibility index (Phi) is 4.08. The molecule has 0 aliphatic rings. The predicted octanol–water partition coefficient (Wildman–Crippen LogP) is 3.09. The molecule has 0 atom stereocenters. The van der Waals surface area contributed by atoms with Crippen LogP contribution in [0.5, 0.6) is 11.5 Å². The molecule has 108 valence electrons. The van der Waals surface area contributed by atoms with Crippen LogP contribution in [0, 0.1) is 0 Å². The summed E-state index contributed by atoms with van der Waals surface area (Å²) in [4.78, 5) is 22.8. The van der Waals surface area contributed by atoms with Crippen molar-refractivity contribution in [3.05, 3.63) is 58.7 Å². The molecule has 2 aromatic rings. The van der Waals surface area contributed by atoms with E-state index >= 15 is 0 Å². The number of phenolic OH excluding ortho intramolecular Hbond substituents is 2. The van der Waals surface area contributed by atoms with E-state index in [1.807, 2.05) is 0 Å². The zero-order valence-electron chi connectivity index (χ0n) is 11.9. The summed E-state index contributed by atoms with van der Waals surface area (Å²) in [6.45, 7) is 2.90. The molecule has 0 aliphatic heterocycles. The Morgan fingerprint density at radius 2 is 1.19 bits per heavy atom. The highest BCUT2D eigenvalue weighted by atomic mass is 16.3. The fourth-order valence-electron chi connectivity index (χ4n) is 2.10. The third-order valence-corrected chi connectivity index (χ3v) is 3.35. The van der Waals surface area contributed by atoms with Crippen LogP contribution >= 0.6 is 0 Å². The van der Waals surface area contributed by atoms with Crippen LogP contribution in [0.15, 0.2) is 36.4 Å². The fraction of sp³-hybridized carbons (Fsp3) is 0.176. The zero-order chi connectivity index (χ0) is 15.6. The van der Waals surface area contributed by atoms with Crippen molar-refractivity contribution in [2.75, 3.05) is 0 Å². The van der Waals surface area contributed by atoms with Crippen molar-refractivity contribution in [3.8, 4) is 11.5 Å². The smallest absolute Gasteiger partial charge is 0.159 e. The van der Waals surface area contributed by atoms with Gasteiger partial charge in [0.05, 0.1) is 0 Å². The Morgan fingerprint density at radius 1 is 0.810 bits per heavy atom. The van der Waals surface area contributed by atoms with Gasteiger partial charge in [-0.15, -0.1) is 0 Å². The number of carbonyl (C=O) groups is 2. The van der Waals surface area contributed by atoms with Crippen molar-refractivity contribution >= 4 is 11.6 Å². The van der Waals surface area contributed by atoms with Gasteiger partial charge in [-0.1, -0.05) is 0 Å². The molecule has 0 amide bonds. The van der Waals surface area contributed by atoms with E-state index in [2.05, 4.69) is 0 Å². The van der Waals surface area contributed by atoms with Crippen molar-refractivity contribution < 1.29 is 19.8 Å². The minimum atomic E-state index is -0.0991.